The molecule has 0 amide bonds. The molecule has 4 nitrogen and oxygen atoms in total. The molecular formula is C5H3Cl2KN4. The Labute approximate surface area is 121 Å². The molecule has 2 heterocycles. The van der Waals surface area contributed by atoms with Crippen LogP contribution in [0.3, 0.4) is 0 Å². The maximum atomic E-state index is 5.69. The van der Waals surface area contributed by atoms with Crippen molar-refractivity contribution in [1.29, 1.82) is 0 Å². The van der Waals surface area contributed by atoms with Crippen LogP contribution in [0, 0.1) is 0 Å². The number of H-pyrrole nitrogens is 1. The number of hydrogen-bond acceptors (Lipinski definition) is 3. The number of rotatable bonds is 0. The van der Waals surface area contributed by atoms with E-state index in [-0.39, 0.29) is 61.8 Å². The van der Waals surface area contributed by atoms with Gasteiger partial charge in [-0.3, -0.25) is 0 Å². The van der Waals surface area contributed by atoms with Gasteiger partial charge in [0.15, 0.2) is 10.8 Å². The summed E-state index contributed by atoms with van der Waals surface area (Å²) < 4.78 is 0. The standard InChI is InChI=1S/C5H2Cl2N4.K.H/c6-3-2-4(9-1-8-2)11-5(7)10-3;;/h1H,(H,8,9,10,11);;. The normalized spacial score (nSPS) is 9.83. The number of nitrogens with zero attached hydrogens (tertiary/aromatic N) is 3. The summed E-state index contributed by atoms with van der Waals surface area (Å²) in [4.78, 5) is 14.2. The summed E-state index contributed by atoms with van der Waals surface area (Å²) in [6, 6.07) is 0. The van der Waals surface area contributed by atoms with Gasteiger partial charge in [0.1, 0.15) is 5.52 Å². The fraction of sp³-hybridized carbons (Fsp3) is 0. The molecule has 0 saturated heterocycles. The maximum absolute atomic E-state index is 5.69. The third kappa shape index (κ3) is 1.98. The van der Waals surface area contributed by atoms with E-state index < -0.39 is 0 Å². The zero-order valence-corrected chi connectivity index (χ0v) is 6.69. The van der Waals surface area contributed by atoms with Crippen LogP contribution in [-0.4, -0.2) is 71.3 Å². The molecule has 12 heavy (non-hydrogen) atoms. The second kappa shape index (κ2) is 4.32. The van der Waals surface area contributed by atoms with E-state index in [2.05, 4.69) is 19.9 Å². The van der Waals surface area contributed by atoms with Gasteiger partial charge in [0.2, 0.25) is 5.28 Å². The Morgan fingerprint density at radius 1 is 1.25 bits per heavy atom. The van der Waals surface area contributed by atoms with Crippen molar-refractivity contribution in [3.8, 4) is 0 Å². The molecule has 0 unspecified atom stereocenters. The molecule has 2 rings (SSSR count). The number of halogens is 2. The summed E-state index contributed by atoms with van der Waals surface area (Å²) in [6.45, 7) is 0. The summed E-state index contributed by atoms with van der Waals surface area (Å²) in [5.74, 6) is 0. The first-order valence-electron chi connectivity index (χ1n) is 2.79. The SMILES string of the molecule is Clc1nc(Cl)c2nc[nH]c2n1.[KH]. The summed E-state index contributed by atoms with van der Waals surface area (Å²) in [7, 11) is 0. The van der Waals surface area contributed by atoms with E-state index in [4.69, 9.17) is 23.2 Å². The zero-order chi connectivity index (χ0) is 7.84. The first-order chi connectivity index (χ1) is 5.27. The summed E-state index contributed by atoms with van der Waals surface area (Å²) in [5, 5.41) is 0.382. The van der Waals surface area contributed by atoms with Crippen LogP contribution in [0.1, 0.15) is 0 Å². The van der Waals surface area contributed by atoms with Crippen molar-refractivity contribution in [2.24, 2.45) is 0 Å². The van der Waals surface area contributed by atoms with Crippen LogP contribution < -0.4 is 0 Å². The van der Waals surface area contributed by atoms with Gasteiger partial charge in [0.05, 0.1) is 6.33 Å². The Morgan fingerprint density at radius 3 is 2.75 bits per heavy atom. The van der Waals surface area contributed by atoms with Crippen LogP contribution >= 0.6 is 23.2 Å². The summed E-state index contributed by atoms with van der Waals surface area (Å²) in [5.41, 5.74) is 1.09. The van der Waals surface area contributed by atoms with Gasteiger partial charge in [-0.25, -0.2) is 9.97 Å². The Kier molecular flexibility index (Phi) is 3.90. The molecule has 0 aliphatic rings. The van der Waals surface area contributed by atoms with E-state index in [0.29, 0.717) is 11.2 Å². The van der Waals surface area contributed by atoms with Crippen molar-refractivity contribution in [2.75, 3.05) is 0 Å². The minimum absolute atomic E-state index is 0. The van der Waals surface area contributed by atoms with Crippen molar-refractivity contribution < 1.29 is 0 Å². The molecule has 7 heteroatoms. The van der Waals surface area contributed by atoms with Gasteiger partial charge in [0, 0.05) is 0 Å². The molecule has 0 bridgehead atoms. The van der Waals surface area contributed by atoms with Crippen LogP contribution in [0.5, 0.6) is 0 Å². The Bertz CT molecular complexity index is 401. The predicted octanol–water partition coefficient (Wildman–Crippen LogP) is 1.01. The molecule has 0 radical (unpaired) electrons. The monoisotopic (exact) mass is 228 g/mol. The van der Waals surface area contributed by atoms with E-state index in [1.54, 1.807) is 0 Å². The second-order valence-electron chi connectivity index (χ2n) is 1.88. The van der Waals surface area contributed by atoms with E-state index >= 15 is 0 Å². The van der Waals surface area contributed by atoms with Gasteiger partial charge in [-0.2, -0.15) is 4.98 Å². The first-order valence-corrected chi connectivity index (χ1v) is 3.55. The van der Waals surface area contributed by atoms with Crippen molar-refractivity contribution in [3.05, 3.63) is 16.8 Å². The summed E-state index contributed by atoms with van der Waals surface area (Å²) in [6.07, 6.45) is 1.49. The molecule has 58 valence electrons. The molecule has 0 saturated carbocycles. The molecule has 0 aliphatic heterocycles. The fourth-order valence-corrected chi connectivity index (χ4v) is 1.21. The van der Waals surface area contributed by atoms with Crippen LogP contribution in [0.4, 0.5) is 0 Å². The molecule has 0 fully saturated rings. The quantitative estimate of drug-likeness (QED) is 0.416. The number of imidazole rings is 1. The number of hydrogen-bond donors (Lipinski definition) is 1. The molecule has 0 aromatic carbocycles. The van der Waals surface area contributed by atoms with Crippen molar-refractivity contribution in [2.45, 2.75) is 0 Å². The second-order valence-corrected chi connectivity index (χ2v) is 2.58. The molecule has 2 aromatic heterocycles. The molecular weight excluding hydrogens is 226 g/mol. The molecule has 1 N–H and O–H groups in total. The predicted molar refractivity (Wildman–Crippen MR) is 48.9 cm³/mol. The zero-order valence-electron chi connectivity index (χ0n) is 5.17. The number of aromatic nitrogens is 4. The number of aromatic amines is 1. The average molecular weight is 229 g/mol. The topological polar surface area (TPSA) is 54.5 Å². The van der Waals surface area contributed by atoms with Crippen LogP contribution in [0.25, 0.3) is 11.2 Å². The molecule has 0 atom stereocenters. The van der Waals surface area contributed by atoms with Crippen molar-refractivity contribution >= 4 is 85.8 Å². The minimum atomic E-state index is 0. The molecule has 0 spiro atoms. The van der Waals surface area contributed by atoms with E-state index in [1.165, 1.54) is 6.33 Å². The van der Waals surface area contributed by atoms with Gasteiger partial charge in [-0.05, 0) is 11.6 Å². The van der Waals surface area contributed by atoms with E-state index in [0.717, 1.165) is 0 Å². The third-order valence-corrected chi connectivity index (χ3v) is 1.64. The van der Waals surface area contributed by atoms with Crippen molar-refractivity contribution in [1.82, 2.24) is 19.9 Å². The van der Waals surface area contributed by atoms with Crippen LogP contribution in [-0.2, 0) is 0 Å². The van der Waals surface area contributed by atoms with Crippen LogP contribution in [0.2, 0.25) is 10.4 Å². The Hall–Kier alpha value is 0.766. The van der Waals surface area contributed by atoms with Gasteiger partial charge in [-0.15, -0.1) is 0 Å². The van der Waals surface area contributed by atoms with Gasteiger partial charge >= 0.3 is 51.4 Å². The molecule has 0 aliphatic carbocycles. The fourth-order valence-electron chi connectivity index (χ4n) is 0.775. The Morgan fingerprint density at radius 2 is 2.00 bits per heavy atom. The van der Waals surface area contributed by atoms with E-state index in [9.17, 15) is 0 Å². The Balaban J connectivity index is 0.000000720. The third-order valence-electron chi connectivity index (χ3n) is 1.21. The average Bonchev–Trinajstić information content (AvgIpc) is 2.34. The van der Waals surface area contributed by atoms with E-state index in [1.807, 2.05) is 0 Å². The first kappa shape index (κ1) is 10.8. The van der Waals surface area contributed by atoms with Gasteiger partial charge in [-0.1, -0.05) is 11.6 Å². The van der Waals surface area contributed by atoms with Gasteiger partial charge in [0.25, 0.3) is 0 Å². The van der Waals surface area contributed by atoms with Crippen LogP contribution in [0.15, 0.2) is 6.33 Å². The van der Waals surface area contributed by atoms with Gasteiger partial charge < -0.3 is 4.98 Å². The van der Waals surface area contributed by atoms with Crippen molar-refractivity contribution in [3.63, 3.8) is 0 Å². The summed E-state index contributed by atoms with van der Waals surface area (Å²) >= 11 is 11.2. The number of fused-ring (bicyclic) bond motifs is 1. The number of nitrogens with one attached hydrogen (secondary N) is 1. The molecule has 2 aromatic rings.